The van der Waals surface area contributed by atoms with Crippen LogP contribution in [-0.2, 0) is 13.2 Å². The van der Waals surface area contributed by atoms with E-state index in [4.69, 9.17) is 0 Å². The standard InChI is InChI=1S/C7H10F3N3/c1-4(2)5-11-6(7(8,9)10)13(3)12-5/h4H,1-3H3. The van der Waals surface area contributed by atoms with Gasteiger partial charge in [0.25, 0.3) is 0 Å². The van der Waals surface area contributed by atoms with Crippen LogP contribution in [0.15, 0.2) is 0 Å². The van der Waals surface area contributed by atoms with E-state index in [2.05, 4.69) is 10.1 Å². The van der Waals surface area contributed by atoms with Crippen molar-refractivity contribution in [2.45, 2.75) is 25.9 Å². The predicted octanol–water partition coefficient (Wildman–Crippen LogP) is 1.96. The van der Waals surface area contributed by atoms with Crippen LogP contribution < -0.4 is 0 Å². The summed E-state index contributed by atoms with van der Waals surface area (Å²) in [5.41, 5.74) is 0. The molecule has 0 saturated heterocycles. The molecule has 1 aromatic heterocycles. The van der Waals surface area contributed by atoms with Crippen LogP contribution >= 0.6 is 0 Å². The molecule has 74 valence electrons. The summed E-state index contributed by atoms with van der Waals surface area (Å²) in [6.45, 7) is 3.49. The zero-order chi connectivity index (χ0) is 10.2. The summed E-state index contributed by atoms with van der Waals surface area (Å²) in [6, 6.07) is 0. The van der Waals surface area contributed by atoms with Crippen molar-refractivity contribution in [2.75, 3.05) is 0 Å². The predicted molar refractivity (Wildman–Crippen MR) is 40.1 cm³/mol. The van der Waals surface area contributed by atoms with Gasteiger partial charge in [-0.05, 0) is 0 Å². The Kier molecular flexibility index (Phi) is 2.32. The molecule has 0 fully saturated rings. The number of alkyl halides is 3. The van der Waals surface area contributed by atoms with E-state index in [9.17, 15) is 13.2 Å². The fraction of sp³-hybridized carbons (Fsp3) is 0.714. The molecule has 0 atom stereocenters. The summed E-state index contributed by atoms with van der Waals surface area (Å²) in [5.74, 6) is -0.826. The molecule has 13 heavy (non-hydrogen) atoms. The zero-order valence-corrected chi connectivity index (χ0v) is 7.55. The maximum absolute atomic E-state index is 12.2. The van der Waals surface area contributed by atoms with Crippen molar-refractivity contribution < 1.29 is 13.2 Å². The van der Waals surface area contributed by atoms with Crippen molar-refractivity contribution in [1.82, 2.24) is 14.8 Å². The van der Waals surface area contributed by atoms with Crippen LogP contribution in [0.3, 0.4) is 0 Å². The van der Waals surface area contributed by atoms with Crippen LogP contribution in [0, 0.1) is 0 Å². The van der Waals surface area contributed by atoms with Gasteiger partial charge in [0.15, 0.2) is 5.82 Å². The highest BCUT2D eigenvalue weighted by molar-refractivity contribution is 4.99. The minimum Gasteiger partial charge on any atom is -0.245 e. The van der Waals surface area contributed by atoms with Gasteiger partial charge in [-0.3, -0.25) is 0 Å². The van der Waals surface area contributed by atoms with Crippen molar-refractivity contribution in [2.24, 2.45) is 7.05 Å². The fourth-order valence-electron chi connectivity index (χ4n) is 0.896. The van der Waals surface area contributed by atoms with Gasteiger partial charge < -0.3 is 0 Å². The molecule has 0 aliphatic carbocycles. The first-order valence-corrected chi connectivity index (χ1v) is 3.80. The number of aryl methyl sites for hydroxylation is 1. The average Bonchev–Trinajstić information content (AvgIpc) is 2.29. The Hall–Kier alpha value is -1.07. The highest BCUT2D eigenvalue weighted by atomic mass is 19.4. The van der Waals surface area contributed by atoms with Crippen LogP contribution in [0.25, 0.3) is 0 Å². The van der Waals surface area contributed by atoms with Crippen molar-refractivity contribution in [3.8, 4) is 0 Å². The van der Waals surface area contributed by atoms with Gasteiger partial charge in [-0.15, -0.1) is 0 Å². The summed E-state index contributed by atoms with van der Waals surface area (Å²) in [5, 5.41) is 3.66. The molecule has 0 N–H and O–H groups in total. The zero-order valence-electron chi connectivity index (χ0n) is 7.55. The maximum atomic E-state index is 12.2. The quantitative estimate of drug-likeness (QED) is 0.682. The molecule has 3 nitrogen and oxygen atoms in total. The third kappa shape index (κ3) is 1.99. The molecule has 6 heteroatoms. The van der Waals surface area contributed by atoms with Gasteiger partial charge >= 0.3 is 6.18 Å². The van der Waals surface area contributed by atoms with Gasteiger partial charge in [0, 0.05) is 13.0 Å². The van der Waals surface area contributed by atoms with E-state index in [1.165, 1.54) is 7.05 Å². The van der Waals surface area contributed by atoms with Crippen molar-refractivity contribution in [1.29, 1.82) is 0 Å². The van der Waals surface area contributed by atoms with Gasteiger partial charge in [-0.25, -0.2) is 9.67 Å². The minimum atomic E-state index is -4.42. The second kappa shape index (κ2) is 3.01. The van der Waals surface area contributed by atoms with Crippen molar-refractivity contribution >= 4 is 0 Å². The Bertz CT molecular complexity index is 300. The normalized spacial score (nSPS) is 12.5. The molecule has 0 unspecified atom stereocenters. The second-order valence-electron chi connectivity index (χ2n) is 3.07. The number of hydrogen-bond donors (Lipinski definition) is 0. The van der Waals surface area contributed by atoms with E-state index in [1.54, 1.807) is 13.8 Å². The van der Waals surface area contributed by atoms with Gasteiger partial charge in [0.2, 0.25) is 5.82 Å². The highest BCUT2D eigenvalue weighted by Crippen LogP contribution is 2.27. The van der Waals surface area contributed by atoms with Gasteiger partial charge in [-0.2, -0.15) is 18.3 Å². The monoisotopic (exact) mass is 193 g/mol. The second-order valence-corrected chi connectivity index (χ2v) is 3.07. The van der Waals surface area contributed by atoms with Crippen LogP contribution in [-0.4, -0.2) is 14.8 Å². The first-order chi connectivity index (χ1) is 5.82. The molecule has 0 saturated carbocycles. The Balaban J connectivity index is 3.11. The number of hydrogen-bond acceptors (Lipinski definition) is 2. The number of nitrogens with zero attached hydrogens (tertiary/aromatic N) is 3. The van der Waals surface area contributed by atoms with Crippen LogP contribution in [0.4, 0.5) is 13.2 Å². The molecule has 0 aliphatic rings. The van der Waals surface area contributed by atoms with Gasteiger partial charge in [-0.1, -0.05) is 13.8 Å². The molecular weight excluding hydrogens is 183 g/mol. The lowest BCUT2D eigenvalue weighted by Gasteiger charge is -2.02. The lowest BCUT2D eigenvalue weighted by atomic mass is 10.2. The van der Waals surface area contributed by atoms with Crippen LogP contribution in [0.2, 0.25) is 0 Å². The molecule has 1 aromatic rings. The van der Waals surface area contributed by atoms with Crippen LogP contribution in [0.1, 0.15) is 31.4 Å². The Morgan fingerprint density at radius 2 is 1.85 bits per heavy atom. The van der Waals surface area contributed by atoms with E-state index in [-0.39, 0.29) is 11.7 Å². The average molecular weight is 193 g/mol. The topological polar surface area (TPSA) is 30.7 Å². The number of halogens is 3. The Labute approximate surface area is 73.6 Å². The Morgan fingerprint density at radius 1 is 1.31 bits per heavy atom. The lowest BCUT2D eigenvalue weighted by molar-refractivity contribution is -0.147. The number of rotatable bonds is 1. The largest absolute Gasteiger partial charge is 0.451 e. The summed E-state index contributed by atoms with van der Waals surface area (Å²) in [4.78, 5) is 3.41. The SMILES string of the molecule is CC(C)c1nc(C(F)(F)F)n(C)n1. The van der Waals surface area contributed by atoms with Crippen LogP contribution in [0.5, 0.6) is 0 Å². The smallest absolute Gasteiger partial charge is 0.245 e. The van der Waals surface area contributed by atoms with Gasteiger partial charge in [0.05, 0.1) is 0 Å². The molecule has 1 heterocycles. The molecule has 0 aliphatic heterocycles. The highest BCUT2D eigenvalue weighted by Gasteiger charge is 2.37. The third-order valence-corrected chi connectivity index (χ3v) is 1.55. The minimum absolute atomic E-state index is 0.0951. The summed E-state index contributed by atoms with van der Waals surface area (Å²) >= 11 is 0. The molecular formula is C7H10F3N3. The van der Waals surface area contributed by atoms with E-state index < -0.39 is 12.0 Å². The van der Waals surface area contributed by atoms with E-state index in [0.29, 0.717) is 0 Å². The summed E-state index contributed by atoms with van der Waals surface area (Å²) in [6.07, 6.45) is -4.42. The fourth-order valence-corrected chi connectivity index (χ4v) is 0.896. The van der Waals surface area contributed by atoms with E-state index in [1.807, 2.05) is 0 Å². The first-order valence-electron chi connectivity index (χ1n) is 3.80. The molecule has 0 aromatic carbocycles. The molecule has 0 spiro atoms. The van der Waals surface area contributed by atoms with Crippen molar-refractivity contribution in [3.05, 3.63) is 11.6 Å². The summed E-state index contributed by atoms with van der Waals surface area (Å²) < 4.78 is 37.4. The van der Waals surface area contributed by atoms with Crippen molar-refractivity contribution in [3.63, 3.8) is 0 Å². The lowest BCUT2D eigenvalue weighted by Crippen LogP contribution is -2.13. The first kappa shape index (κ1) is 10.0. The molecule has 0 radical (unpaired) electrons. The van der Waals surface area contributed by atoms with E-state index >= 15 is 0 Å². The molecule has 0 bridgehead atoms. The van der Waals surface area contributed by atoms with E-state index in [0.717, 1.165) is 4.68 Å². The summed E-state index contributed by atoms with van der Waals surface area (Å²) in [7, 11) is 1.24. The number of aromatic nitrogens is 3. The van der Waals surface area contributed by atoms with Gasteiger partial charge in [0.1, 0.15) is 0 Å². The molecule has 1 rings (SSSR count). The molecule has 0 amide bonds. The maximum Gasteiger partial charge on any atom is 0.451 e. The Morgan fingerprint density at radius 3 is 2.08 bits per heavy atom. The third-order valence-electron chi connectivity index (χ3n) is 1.55.